The summed E-state index contributed by atoms with van der Waals surface area (Å²) in [5, 5.41) is 20.4. The smallest absolute Gasteiger partial charge is 0.343 e. The van der Waals surface area contributed by atoms with Crippen LogP contribution in [0.4, 0.5) is 0 Å². The van der Waals surface area contributed by atoms with Crippen molar-refractivity contribution >= 4 is 18.0 Å². The first kappa shape index (κ1) is 21.9. The van der Waals surface area contributed by atoms with Crippen LogP contribution >= 0.6 is 0 Å². The Morgan fingerprint density at radius 2 is 1.81 bits per heavy atom. The van der Waals surface area contributed by atoms with Gasteiger partial charge in [0.1, 0.15) is 28.9 Å². The van der Waals surface area contributed by atoms with E-state index in [1.54, 1.807) is 6.08 Å². The Hall–Kier alpha value is -3.80. The summed E-state index contributed by atoms with van der Waals surface area (Å²) < 4.78 is 11.0. The van der Waals surface area contributed by atoms with Gasteiger partial charge < -0.3 is 19.7 Å². The molecule has 0 amide bonds. The SMILES string of the molecule is CC(=O)OC1=C\c2cc(O)cc(O)c2C(=O)O[C@H](c2ccccc2)C/C=C/CC\C=C\1. The van der Waals surface area contributed by atoms with Gasteiger partial charge in [-0.3, -0.25) is 4.79 Å². The molecule has 0 bridgehead atoms. The van der Waals surface area contributed by atoms with E-state index in [0.29, 0.717) is 12.8 Å². The summed E-state index contributed by atoms with van der Waals surface area (Å²) in [6.45, 7) is 1.27. The summed E-state index contributed by atoms with van der Waals surface area (Å²) in [6.07, 6.45) is 10.2. The van der Waals surface area contributed by atoms with Gasteiger partial charge in [-0.25, -0.2) is 4.79 Å². The van der Waals surface area contributed by atoms with Crippen LogP contribution < -0.4 is 0 Å². The summed E-state index contributed by atoms with van der Waals surface area (Å²) in [4.78, 5) is 24.6. The largest absolute Gasteiger partial charge is 0.508 e. The molecule has 1 aliphatic rings. The first-order valence-corrected chi connectivity index (χ1v) is 9.97. The quantitative estimate of drug-likeness (QED) is 0.513. The maximum Gasteiger partial charge on any atom is 0.343 e. The fourth-order valence-corrected chi connectivity index (χ4v) is 3.24. The molecule has 2 N–H and O–H groups in total. The van der Waals surface area contributed by atoms with Crippen LogP contribution in [0.1, 0.15) is 53.8 Å². The number of benzene rings is 2. The van der Waals surface area contributed by atoms with E-state index in [1.807, 2.05) is 48.6 Å². The van der Waals surface area contributed by atoms with Crippen molar-refractivity contribution in [2.75, 3.05) is 0 Å². The van der Waals surface area contributed by atoms with Gasteiger partial charge in [0.15, 0.2) is 0 Å². The van der Waals surface area contributed by atoms with Gasteiger partial charge in [0, 0.05) is 25.0 Å². The van der Waals surface area contributed by atoms with Crippen molar-refractivity contribution in [1.29, 1.82) is 0 Å². The average molecular weight is 420 g/mol. The standard InChI is InChI=1S/C25H24O6/c1-17(26)30-21-12-8-3-2-4-9-13-23(18-10-6-5-7-11-18)31-25(29)24-19(15-21)14-20(27)16-22(24)28/h4-12,14-16,23,27-28H,2-3,13H2,1H3/b9-4+,12-8+,21-15-/t23-/m0/s1. The van der Waals surface area contributed by atoms with Crippen LogP contribution in [0.5, 0.6) is 11.5 Å². The lowest BCUT2D eigenvalue weighted by atomic mass is 10.0. The molecule has 1 aliphatic heterocycles. The zero-order chi connectivity index (χ0) is 22.2. The second kappa shape index (κ2) is 10.3. The number of carbonyl (C=O) groups is 2. The highest BCUT2D eigenvalue weighted by Gasteiger charge is 2.23. The molecule has 0 unspecified atom stereocenters. The predicted octanol–water partition coefficient (Wildman–Crippen LogP) is 5.20. The maximum atomic E-state index is 13.1. The maximum absolute atomic E-state index is 13.1. The molecule has 160 valence electrons. The van der Waals surface area contributed by atoms with Crippen LogP contribution in [0.2, 0.25) is 0 Å². The summed E-state index contributed by atoms with van der Waals surface area (Å²) in [6, 6.07) is 11.7. The molecule has 0 fully saturated rings. The fraction of sp³-hybridized carbons (Fsp3) is 0.200. The topological polar surface area (TPSA) is 93.1 Å². The number of rotatable bonds is 2. The van der Waals surface area contributed by atoms with Crippen LogP contribution in [-0.2, 0) is 14.3 Å². The molecule has 2 aromatic rings. The Balaban J connectivity index is 2.09. The number of ether oxygens (including phenoxy) is 2. The Kier molecular flexibility index (Phi) is 7.27. The van der Waals surface area contributed by atoms with Crippen LogP contribution in [0.15, 0.2) is 72.5 Å². The van der Waals surface area contributed by atoms with E-state index in [0.717, 1.165) is 18.1 Å². The normalized spacial score (nSPS) is 20.9. The number of fused-ring (bicyclic) bond motifs is 1. The number of aromatic hydroxyl groups is 2. The fourth-order valence-electron chi connectivity index (χ4n) is 3.24. The van der Waals surface area contributed by atoms with Gasteiger partial charge in [-0.15, -0.1) is 0 Å². The number of phenolic OH excluding ortho intramolecular Hbond substituents is 2. The minimum atomic E-state index is -0.755. The van der Waals surface area contributed by atoms with E-state index >= 15 is 0 Å². The van der Waals surface area contributed by atoms with E-state index in [-0.39, 0.29) is 22.6 Å². The highest BCUT2D eigenvalue weighted by atomic mass is 16.5. The molecule has 1 heterocycles. The molecule has 2 aromatic carbocycles. The average Bonchev–Trinajstić information content (AvgIpc) is 2.71. The van der Waals surface area contributed by atoms with Gasteiger partial charge in [-0.1, -0.05) is 48.6 Å². The van der Waals surface area contributed by atoms with E-state index in [4.69, 9.17) is 9.47 Å². The van der Waals surface area contributed by atoms with E-state index in [1.165, 1.54) is 19.1 Å². The zero-order valence-corrected chi connectivity index (χ0v) is 17.2. The molecule has 0 spiro atoms. The van der Waals surface area contributed by atoms with Crippen molar-refractivity contribution in [3.05, 3.63) is 89.2 Å². The molecule has 1 atom stereocenters. The van der Waals surface area contributed by atoms with Crippen molar-refractivity contribution in [3.8, 4) is 11.5 Å². The van der Waals surface area contributed by atoms with Gasteiger partial charge >= 0.3 is 11.9 Å². The Morgan fingerprint density at radius 1 is 1.06 bits per heavy atom. The zero-order valence-electron chi connectivity index (χ0n) is 17.2. The molecular formula is C25H24O6. The van der Waals surface area contributed by atoms with Crippen LogP contribution in [0.25, 0.3) is 6.08 Å². The molecule has 0 saturated carbocycles. The number of carbonyl (C=O) groups excluding carboxylic acids is 2. The number of hydrogen-bond acceptors (Lipinski definition) is 6. The van der Waals surface area contributed by atoms with Gasteiger partial charge in [-0.2, -0.15) is 0 Å². The first-order valence-electron chi connectivity index (χ1n) is 9.97. The lowest BCUT2D eigenvalue weighted by Crippen LogP contribution is -2.13. The molecule has 0 saturated heterocycles. The van der Waals surface area contributed by atoms with Crippen molar-refractivity contribution in [2.24, 2.45) is 0 Å². The van der Waals surface area contributed by atoms with Crippen LogP contribution in [0.3, 0.4) is 0 Å². The lowest BCUT2D eigenvalue weighted by Gasteiger charge is -2.19. The second-order valence-corrected chi connectivity index (χ2v) is 7.06. The molecular weight excluding hydrogens is 396 g/mol. The van der Waals surface area contributed by atoms with E-state index < -0.39 is 23.8 Å². The van der Waals surface area contributed by atoms with Crippen LogP contribution in [-0.4, -0.2) is 22.2 Å². The monoisotopic (exact) mass is 420 g/mol. The Bertz CT molecular complexity index is 1030. The number of esters is 2. The minimum absolute atomic E-state index is 0.127. The first-order chi connectivity index (χ1) is 14.9. The molecule has 0 aromatic heterocycles. The van der Waals surface area contributed by atoms with Crippen molar-refractivity contribution < 1.29 is 29.3 Å². The molecule has 0 aliphatic carbocycles. The predicted molar refractivity (Wildman–Crippen MR) is 116 cm³/mol. The third kappa shape index (κ3) is 6.09. The van der Waals surface area contributed by atoms with Crippen molar-refractivity contribution in [1.82, 2.24) is 0 Å². The van der Waals surface area contributed by atoms with Crippen molar-refractivity contribution in [3.63, 3.8) is 0 Å². The third-order valence-corrected chi connectivity index (χ3v) is 4.62. The summed E-state index contributed by atoms with van der Waals surface area (Å²) in [5.74, 6) is -1.79. The van der Waals surface area contributed by atoms with E-state index in [2.05, 4.69) is 0 Å². The second-order valence-electron chi connectivity index (χ2n) is 7.06. The molecule has 31 heavy (non-hydrogen) atoms. The number of cyclic esters (lactones) is 1. The summed E-state index contributed by atoms with van der Waals surface area (Å²) >= 11 is 0. The van der Waals surface area contributed by atoms with Crippen LogP contribution in [0, 0.1) is 0 Å². The Labute approximate surface area is 180 Å². The van der Waals surface area contributed by atoms with E-state index in [9.17, 15) is 19.8 Å². The van der Waals surface area contributed by atoms with Gasteiger partial charge in [-0.05, 0) is 36.6 Å². The molecule has 0 radical (unpaired) electrons. The third-order valence-electron chi connectivity index (χ3n) is 4.62. The molecule has 6 heteroatoms. The minimum Gasteiger partial charge on any atom is -0.508 e. The van der Waals surface area contributed by atoms with Gasteiger partial charge in [0.2, 0.25) is 0 Å². The molecule has 3 rings (SSSR count). The Morgan fingerprint density at radius 3 is 2.55 bits per heavy atom. The molecule has 6 nitrogen and oxygen atoms in total. The highest BCUT2D eigenvalue weighted by Crippen LogP contribution is 2.32. The van der Waals surface area contributed by atoms with Gasteiger partial charge in [0.25, 0.3) is 0 Å². The summed E-state index contributed by atoms with van der Waals surface area (Å²) in [7, 11) is 0. The number of phenols is 2. The number of allylic oxidation sites excluding steroid dienone is 3. The lowest BCUT2D eigenvalue weighted by molar-refractivity contribution is -0.136. The number of hydrogen-bond donors (Lipinski definition) is 2. The van der Waals surface area contributed by atoms with Gasteiger partial charge in [0.05, 0.1) is 0 Å². The highest BCUT2D eigenvalue weighted by molar-refractivity contribution is 5.97. The summed E-state index contributed by atoms with van der Waals surface area (Å²) in [5.41, 5.74) is 0.865. The van der Waals surface area contributed by atoms with Crippen molar-refractivity contribution in [2.45, 2.75) is 32.3 Å².